The van der Waals surface area contributed by atoms with E-state index in [0.717, 1.165) is 0 Å². The smallest absolute Gasteiger partial charge is 0.321 e. The van der Waals surface area contributed by atoms with Crippen molar-refractivity contribution in [2.75, 3.05) is 18.4 Å². The number of hydrogen-bond donors (Lipinski definition) is 2. The van der Waals surface area contributed by atoms with E-state index in [2.05, 4.69) is 5.32 Å². The molecule has 17 heavy (non-hydrogen) atoms. The van der Waals surface area contributed by atoms with Crippen molar-refractivity contribution in [3.05, 3.63) is 30.1 Å². The summed E-state index contributed by atoms with van der Waals surface area (Å²) < 4.78 is 12.8. The average Bonchev–Trinajstić information content (AvgIpc) is 2.13. The first-order valence-corrected chi connectivity index (χ1v) is 5.10. The van der Waals surface area contributed by atoms with Gasteiger partial charge in [0.05, 0.1) is 5.92 Å². The Bertz CT molecular complexity index is 458. The van der Waals surface area contributed by atoms with Crippen LogP contribution in [0.4, 0.5) is 14.9 Å². The molecule has 1 aliphatic heterocycles. The molecule has 0 aromatic heterocycles. The summed E-state index contributed by atoms with van der Waals surface area (Å²) in [7, 11) is 0. The Balaban J connectivity index is 1.89. The second-order valence-corrected chi connectivity index (χ2v) is 3.88. The third-order valence-electron chi connectivity index (χ3n) is 2.59. The molecule has 6 heteroatoms. The number of nitrogens with one attached hydrogen (secondary N) is 1. The fourth-order valence-corrected chi connectivity index (χ4v) is 1.57. The van der Waals surface area contributed by atoms with Crippen LogP contribution < -0.4 is 5.32 Å². The van der Waals surface area contributed by atoms with Crippen molar-refractivity contribution in [2.45, 2.75) is 0 Å². The Labute approximate surface area is 96.8 Å². The number of halogens is 1. The van der Waals surface area contributed by atoms with E-state index in [1.54, 1.807) is 6.07 Å². The molecule has 2 N–H and O–H groups in total. The number of carboxylic acids is 1. The standard InChI is InChI=1S/C11H11FN2O3/c12-8-2-1-3-9(4-8)13-11(17)14-5-7(6-14)10(15)16/h1-4,7H,5-6H2,(H,13,17)(H,15,16). The zero-order chi connectivity index (χ0) is 12.4. The van der Waals surface area contributed by atoms with Gasteiger partial charge in [-0.3, -0.25) is 4.79 Å². The molecule has 0 unspecified atom stereocenters. The van der Waals surface area contributed by atoms with Crippen molar-refractivity contribution in [3.63, 3.8) is 0 Å². The number of likely N-dealkylation sites (tertiary alicyclic amines) is 1. The van der Waals surface area contributed by atoms with Crippen LogP contribution in [0.15, 0.2) is 24.3 Å². The van der Waals surface area contributed by atoms with Gasteiger partial charge in [0.15, 0.2) is 0 Å². The maximum Gasteiger partial charge on any atom is 0.321 e. The van der Waals surface area contributed by atoms with Gasteiger partial charge in [-0.05, 0) is 18.2 Å². The predicted molar refractivity (Wildman–Crippen MR) is 58.1 cm³/mol. The summed E-state index contributed by atoms with van der Waals surface area (Å²) in [6.45, 7) is 0.382. The second kappa shape index (κ2) is 4.40. The lowest BCUT2D eigenvalue weighted by Gasteiger charge is -2.36. The number of carbonyl (C=O) groups excluding carboxylic acids is 1. The highest BCUT2D eigenvalue weighted by molar-refractivity contribution is 5.91. The van der Waals surface area contributed by atoms with Crippen LogP contribution in [-0.4, -0.2) is 35.1 Å². The molecule has 0 saturated carbocycles. The van der Waals surface area contributed by atoms with Crippen LogP contribution in [0.25, 0.3) is 0 Å². The largest absolute Gasteiger partial charge is 0.481 e. The van der Waals surface area contributed by atoms with Crippen molar-refractivity contribution < 1.29 is 19.1 Å². The molecule has 0 atom stereocenters. The first-order valence-electron chi connectivity index (χ1n) is 5.10. The minimum Gasteiger partial charge on any atom is -0.481 e. The quantitative estimate of drug-likeness (QED) is 0.817. The molecule has 0 bridgehead atoms. The first kappa shape index (κ1) is 11.4. The number of benzene rings is 1. The molecule has 0 aliphatic carbocycles. The van der Waals surface area contributed by atoms with Gasteiger partial charge in [-0.1, -0.05) is 6.07 Å². The average molecular weight is 238 g/mol. The number of anilines is 1. The molecule has 1 saturated heterocycles. The van der Waals surface area contributed by atoms with Crippen LogP contribution in [0.5, 0.6) is 0 Å². The van der Waals surface area contributed by atoms with E-state index in [4.69, 9.17) is 5.11 Å². The normalized spacial score (nSPS) is 15.2. The van der Waals surface area contributed by atoms with Crippen molar-refractivity contribution in [2.24, 2.45) is 5.92 Å². The van der Waals surface area contributed by atoms with Gasteiger partial charge in [0.2, 0.25) is 0 Å². The van der Waals surface area contributed by atoms with Crippen LogP contribution in [0, 0.1) is 11.7 Å². The van der Waals surface area contributed by atoms with Crippen molar-refractivity contribution in [3.8, 4) is 0 Å². The van der Waals surface area contributed by atoms with E-state index in [0.29, 0.717) is 5.69 Å². The summed E-state index contributed by atoms with van der Waals surface area (Å²) in [5, 5.41) is 11.1. The molecule has 1 aromatic rings. The van der Waals surface area contributed by atoms with Gasteiger partial charge in [0.1, 0.15) is 5.82 Å². The highest BCUT2D eigenvalue weighted by Gasteiger charge is 2.35. The molecule has 2 rings (SSSR count). The molecule has 5 nitrogen and oxygen atoms in total. The minimum absolute atomic E-state index is 0.191. The first-order chi connectivity index (χ1) is 8.06. The second-order valence-electron chi connectivity index (χ2n) is 3.88. The summed E-state index contributed by atoms with van der Waals surface area (Å²) in [6, 6.07) is 5.12. The zero-order valence-electron chi connectivity index (χ0n) is 8.89. The maximum atomic E-state index is 12.8. The van der Waals surface area contributed by atoms with E-state index in [1.165, 1.54) is 23.1 Å². The van der Waals surface area contributed by atoms with Crippen LogP contribution >= 0.6 is 0 Å². The third kappa shape index (κ3) is 2.52. The van der Waals surface area contributed by atoms with E-state index < -0.39 is 23.7 Å². The lowest BCUT2D eigenvalue weighted by Crippen LogP contribution is -2.54. The topological polar surface area (TPSA) is 69.6 Å². The van der Waals surface area contributed by atoms with Crippen molar-refractivity contribution in [1.82, 2.24) is 4.90 Å². The van der Waals surface area contributed by atoms with Crippen LogP contribution in [0.2, 0.25) is 0 Å². The molecular weight excluding hydrogens is 227 g/mol. The fourth-order valence-electron chi connectivity index (χ4n) is 1.57. The Kier molecular flexibility index (Phi) is 2.95. The summed E-state index contributed by atoms with van der Waals surface area (Å²) in [4.78, 5) is 23.5. The van der Waals surface area contributed by atoms with E-state index in [1.807, 2.05) is 0 Å². The minimum atomic E-state index is -0.903. The van der Waals surface area contributed by atoms with Crippen LogP contribution in [0.1, 0.15) is 0 Å². The summed E-state index contributed by atoms with van der Waals surface area (Å²) in [5.41, 5.74) is 0.355. The molecule has 90 valence electrons. The molecule has 0 spiro atoms. The summed E-state index contributed by atoms with van der Waals surface area (Å²) >= 11 is 0. The van der Waals surface area contributed by atoms with Gasteiger partial charge in [-0.25, -0.2) is 9.18 Å². The third-order valence-corrected chi connectivity index (χ3v) is 2.59. The lowest BCUT2D eigenvalue weighted by molar-refractivity contribution is -0.145. The van der Waals surface area contributed by atoms with Gasteiger partial charge in [-0.15, -0.1) is 0 Å². The molecular formula is C11H11FN2O3. The molecule has 0 radical (unpaired) electrons. The number of urea groups is 1. The molecule has 2 amide bonds. The van der Waals surface area contributed by atoms with E-state index in [-0.39, 0.29) is 13.1 Å². The highest BCUT2D eigenvalue weighted by Crippen LogP contribution is 2.17. The van der Waals surface area contributed by atoms with Gasteiger partial charge < -0.3 is 15.3 Å². The van der Waals surface area contributed by atoms with Crippen molar-refractivity contribution >= 4 is 17.7 Å². The fraction of sp³-hybridized carbons (Fsp3) is 0.273. The van der Waals surface area contributed by atoms with Crippen LogP contribution in [0.3, 0.4) is 0 Å². The van der Waals surface area contributed by atoms with Crippen molar-refractivity contribution in [1.29, 1.82) is 0 Å². The number of hydrogen-bond acceptors (Lipinski definition) is 2. The summed E-state index contributed by atoms with van der Waals surface area (Å²) in [6.07, 6.45) is 0. The van der Waals surface area contributed by atoms with Gasteiger partial charge in [0.25, 0.3) is 0 Å². The van der Waals surface area contributed by atoms with Gasteiger partial charge in [-0.2, -0.15) is 0 Å². The number of carbonyl (C=O) groups is 2. The van der Waals surface area contributed by atoms with Gasteiger partial charge >= 0.3 is 12.0 Å². The Morgan fingerprint density at radius 3 is 2.71 bits per heavy atom. The summed E-state index contributed by atoms with van der Waals surface area (Å²) in [5.74, 6) is -1.83. The number of amides is 2. The predicted octanol–water partition coefficient (Wildman–Crippen LogP) is 1.37. The zero-order valence-corrected chi connectivity index (χ0v) is 8.89. The highest BCUT2D eigenvalue weighted by atomic mass is 19.1. The number of rotatable bonds is 2. The molecule has 1 fully saturated rings. The van der Waals surface area contributed by atoms with Gasteiger partial charge in [0, 0.05) is 18.8 Å². The van der Waals surface area contributed by atoms with Crippen LogP contribution in [-0.2, 0) is 4.79 Å². The Morgan fingerprint density at radius 1 is 1.41 bits per heavy atom. The monoisotopic (exact) mass is 238 g/mol. The SMILES string of the molecule is O=C(O)C1CN(C(=O)Nc2cccc(F)c2)C1. The number of nitrogens with zero attached hydrogens (tertiary/aromatic N) is 1. The Morgan fingerprint density at radius 2 is 2.12 bits per heavy atom. The molecule has 1 aliphatic rings. The Hall–Kier alpha value is -2.11. The lowest BCUT2D eigenvalue weighted by atomic mass is 10.0. The maximum absolute atomic E-state index is 12.8. The van der Waals surface area contributed by atoms with E-state index >= 15 is 0 Å². The number of aliphatic carboxylic acids is 1. The van der Waals surface area contributed by atoms with E-state index in [9.17, 15) is 14.0 Å². The molecule has 1 heterocycles. The molecule has 1 aromatic carbocycles. The number of carboxylic acid groups (broad SMARTS) is 1.